The van der Waals surface area contributed by atoms with Crippen LogP contribution in [0.25, 0.3) is 5.69 Å². The Morgan fingerprint density at radius 1 is 1.09 bits per heavy atom. The lowest BCUT2D eigenvalue weighted by Gasteiger charge is -2.10. The van der Waals surface area contributed by atoms with Crippen molar-refractivity contribution in [1.82, 2.24) is 9.78 Å². The average Bonchev–Trinajstić information content (AvgIpc) is 2.96. The van der Waals surface area contributed by atoms with Crippen molar-refractivity contribution in [3.8, 4) is 5.69 Å². The fourth-order valence-electron chi connectivity index (χ4n) is 2.37. The Bertz CT molecular complexity index is 827. The highest BCUT2D eigenvalue weighted by atomic mass is 32.2. The first-order valence-corrected chi connectivity index (χ1v) is 8.48. The van der Waals surface area contributed by atoms with Crippen molar-refractivity contribution in [3.05, 3.63) is 71.9 Å². The Kier molecular flexibility index (Phi) is 4.48. The average molecular weight is 323 g/mol. The monoisotopic (exact) mass is 323 g/mol. The maximum absolute atomic E-state index is 12.6. The van der Waals surface area contributed by atoms with Gasteiger partial charge in [-0.15, -0.1) is 11.8 Å². The molecule has 4 nitrogen and oxygen atoms in total. The van der Waals surface area contributed by atoms with Crippen LogP contribution in [0.15, 0.2) is 65.6 Å². The van der Waals surface area contributed by atoms with E-state index in [0.29, 0.717) is 11.4 Å². The van der Waals surface area contributed by atoms with Crippen molar-refractivity contribution >= 4 is 23.5 Å². The number of hydrogen-bond acceptors (Lipinski definition) is 3. The standard InChI is InChI=1S/C18H17N3OS/c1-13-12-17(21(20-13)14-8-4-3-5-9-14)19-18(22)15-10-6-7-11-16(15)23-2/h3-12H,1-2H3,(H,19,22). The molecule has 3 rings (SSSR count). The maximum Gasteiger partial charge on any atom is 0.257 e. The summed E-state index contributed by atoms with van der Waals surface area (Å²) in [4.78, 5) is 13.6. The first-order chi connectivity index (χ1) is 11.2. The molecule has 0 spiro atoms. The molecule has 0 aliphatic heterocycles. The summed E-state index contributed by atoms with van der Waals surface area (Å²) < 4.78 is 1.74. The number of aromatic nitrogens is 2. The number of aryl methyl sites for hydroxylation is 1. The lowest BCUT2D eigenvalue weighted by molar-refractivity contribution is 0.102. The van der Waals surface area contributed by atoms with Gasteiger partial charge in [-0.05, 0) is 37.4 Å². The van der Waals surface area contributed by atoms with E-state index in [1.165, 1.54) is 0 Å². The van der Waals surface area contributed by atoms with Crippen LogP contribution in [0.2, 0.25) is 0 Å². The summed E-state index contributed by atoms with van der Waals surface area (Å²) in [6.07, 6.45) is 1.96. The number of nitrogens with zero attached hydrogens (tertiary/aromatic N) is 2. The molecule has 1 heterocycles. The largest absolute Gasteiger partial charge is 0.306 e. The Morgan fingerprint density at radius 2 is 1.78 bits per heavy atom. The number of hydrogen-bond donors (Lipinski definition) is 1. The van der Waals surface area contributed by atoms with Gasteiger partial charge in [0.2, 0.25) is 0 Å². The first kappa shape index (κ1) is 15.4. The summed E-state index contributed by atoms with van der Waals surface area (Å²) in [7, 11) is 0. The zero-order valence-electron chi connectivity index (χ0n) is 13.0. The molecule has 0 aliphatic carbocycles. The van der Waals surface area contributed by atoms with Gasteiger partial charge in [0.05, 0.1) is 16.9 Å². The molecule has 0 atom stereocenters. The van der Waals surface area contributed by atoms with Crippen molar-refractivity contribution < 1.29 is 4.79 Å². The van der Waals surface area contributed by atoms with Crippen LogP contribution < -0.4 is 5.32 Å². The highest BCUT2D eigenvalue weighted by Gasteiger charge is 2.14. The third-order valence-corrected chi connectivity index (χ3v) is 4.22. The van der Waals surface area contributed by atoms with Crippen molar-refractivity contribution in [2.75, 3.05) is 11.6 Å². The second-order valence-electron chi connectivity index (χ2n) is 5.07. The number of para-hydroxylation sites is 1. The molecule has 116 valence electrons. The molecular weight excluding hydrogens is 306 g/mol. The minimum absolute atomic E-state index is 0.132. The van der Waals surface area contributed by atoms with Crippen LogP contribution in [0.3, 0.4) is 0 Å². The minimum Gasteiger partial charge on any atom is -0.306 e. The molecule has 0 fully saturated rings. The third-order valence-electron chi connectivity index (χ3n) is 3.43. The first-order valence-electron chi connectivity index (χ1n) is 7.25. The molecule has 1 amide bonds. The van der Waals surface area contributed by atoms with Crippen LogP contribution in [0.5, 0.6) is 0 Å². The van der Waals surface area contributed by atoms with Crippen LogP contribution in [0.4, 0.5) is 5.82 Å². The molecule has 23 heavy (non-hydrogen) atoms. The van der Waals surface area contributed by atoms with E-state index in [9.17, 15) is 4.79 Å². The minimum atomic E-state index is -0.132. The smallest absolute Gasteiger partial charge is 0.257 e. The molecule has 0 aliphatic rings. The maximum atomic E-state index is 12.6. The zero-order valence-corrected chi connectivity index (χ0v) is 13.8. The van der Waals surface area contributed by atoms with E-state index in [2.05, 4.69) is 10.4 Å². The van der Waals surface area contributed by atoms with Gasteiger partial charge >= 0.3 is 0 Å². The van der Waals surface area contributed by atoms with Gasteiger partial charge in [-0.3, -0.25) is 4.79 Å². The number of nitrogens with one attached hydrogen (secondary N) is 1. The van der Waals surface area contributed by atoms with E-state index in [4.69, 9.17) is 0 Å². The molecule has 0 bridgehead atoms. The van der Waals surface area contributed by atoms with Gasteiger partial charge in [-0.25, -0.2) is 4.68 Å². The molecule has 0 radical (unpaired) electrons. The number of carbonyl (C=O) groups is 1. The quantitative estimate of drug-likeness (QED) is 0.734. The number of thioether (sulfide) groups is 1. The van der Waals surface area contributed by atoms with Crippen LogP contribution in [-0.4, -0.2) is 21.9 Å². The van der Waals surface area contributed by atoms with Crippen molar-refractivity contribution in [2.45, 2.75) is 11.8 Å². The highest BCUT2D eigenvalue weighted by Crippen LogP contribution is 2.22. The molecule has 2 aromatic carbocycles. The van der Waals surface area contributed by atoms with Crippen molar-refractivity contribution in [1.29, 1.82) is 0 Å². The van der Waals surface area contributed by atoms with Gasteiger partial charge in [0, 0.05) is 11.0 Å². The van der Waals surface area contributed by atoms with Gasteiger partial charge in [-0.1, -0.05) is 30.3 Å². The SMILES string of the molecule is CSc1ccccc1C(=O)Nc1cc(C)nn1-c1ccccc1. The Labute approximate surface area is 139 Å². The van der Waals surface area contributed by atoms with Gasteiger partial charge < -0.3 is 5.32 Å². The fourth-order valence-corrected chi connectivity index (χ4v) is 2.97. The summed E-state index contributed by atoms with van der Waals surface area (Å²) in [5, 5.41) is 7.44. The van der Waals surface area contributed by atoms with Crippen LogP contribution in [0.1, 0.15) is 16.1 Å². The summed E-state index contributed by atoms with van der Waals surface area (Å²) in [5.41, 5.74) is 2.43. The Morgan fingerprint density at radius 3 is 2.52 bits per heavy atom. The Hall–Kier alpha value is -2.53. The predicted molar refractivity (Wildman–Crippen MR) is 94.5 cm³/mol. The van der Waals surface area contributed by atoms with Crippen LogP contribution in [-0.2, 0) is 0 Å². The van der Waals surface area contributed by atoms with E-state index in [1.54, 1.807) is 16.4 Å². The molecule has 3 aromatic rings. The number of rotatable bonds is 4. The number of carbonyl (C=O) groups excluding carboxylic acids is 1. The molecule has 5 heteroatoms. The van der Waals surface area contributed by atoms with Gasteiger partial charge in [0.25, 0.3) is 5.91 Å². The Balaban J connectivity index is 1.93. The lowest BCUT2D eigenvalue weighted by atomic mass is 10.2. The number of anilines is 1. The van der Waals surface area contributed by atoms with Crippen LogP contribution >= 0.6 is 11.8 Å². The van der Waals surface area contributed by atoms with Gasteiger partial charge in [-0.2, -0.15) is 5.10 Å². The van der Waals surface area contributed by atoms with E-state index < -0.39 is 0 Å². The third kappa shape index (κ3) is 3.29. The van der Waals surface area contributed by atoms with Crippen molar-refractivity contribution in [2.24, 2.45) is 0 Å². The lowest BCUT2D eigenvalue weighted by Crippen LogP contribution is -2.15. The second-order valence-corrected chi connectivity index (χ2v) is 5.92. The summed E-state index contributed by atoms with van der Waals surface area (Å²) in [6, 6.07) is 19.2. The molecule has 0 saturated heterocycles. The van der Waals surface area contributed by atoms with E-state index >= 15 is 0 Å². The summed E-state index contributed by atoms with van der Waals surface area (Å²) in [5.74, 6) is 0.529. The zero-order chi connectivity index (χ0) is 16.2. The van der Waals surface area contributed by atoms with E-state index in [-0.39, 0.29) is 5.91 Å². The predicted octanol–water partition coefficient (Wildman–Crippen LogP) is 4.15. The second kappa shape index (κ2) is 6.71. The van der Waals surface area contributed by atoms with Gasteiger partial charge in [0.1, 0.15) is 5.82 Å². The molecule has 1 N–H and O–H groups in total. The van der Waals surface area contributed by atoms with E-state index in [0.717, 1.165) is 16.3 Å². The highest BCUT2D eigenvalue weighted by molar-refractivity contribution is 7.98. The normalized spacial score (nSPS) is 10.5. The van der Waals surface area contributed by atoms with Gasteiger partial charge in [0.15, 0.2) is 0 Å². The molecule has 0 unspecified atom stereocenters. The number of amides is 1. The molecule has 1 aromatic heterocycles. The van der Waals surface area contributed by atoms with Crippen LogP contribution in [0, 0.1) is 6.92 Å². The molecular formula is C18H17N3OS. The van der Waals surface area contributed by atoms with E-state index in [1.807, 2.05) is 73.8 Å². The van der Waals surface area contributed by atoms with Crippen molar-refractivity contribution in [3.63, 3.8) is 0 Å². The topological polar surface area (TPSA) is 46.9 Å². The fraction of sp³-hybridized carbons (Fsp3) is 0.111. The summed E-state index contributed by atoms with van der Waals surface area (Å²) >= 11 is 1.56. The molecule has 0 saturated carbocycles. The summed E-state index contributed by atoms with van der Waals surface area (Å²) in [6.45, 7) is 1.91. The number of benzene rings is 2.